The van der Waals surface area contributed by atoms with Crippen molar-refractivity contribution in [3.63, 3.8) is 0 Å². The van der Waals surface area contributed by atoms with Gasteiger partial charge in [-0.25, -0.2) is 4.57 Å². The maximum atomic E-state index is 8.88. The molecule has 0 aromatic carbocycles. The van der Waals surface area contributed by atoms with Crippen LogP contribution < -0.4 is 0 Å². The molecule has 0 heterocycles. The molecule has 0 aromatic rings. The van der Waals surface area contributed by atoms with E-state index in [1.165, 1.54) is 0 Å². The zero-order valence-electron chi connectivity index (χ0n) is 2.50. The molecule has 7 heteroatoms. The van der Waals surface area contributed by atoms with E-state index in [4.69, 9.17) is 19.2 Å². The van der Waals surface area contributed by atoms with Crippen molar-refractivity contribution in [2.75, 3.05) is 0 Å². The van der Waals surface area contributed by atoms with Crippen molar-refractivity contribution >= 4 is 56.7 Å². The van der Waals surface area contributed by atoms with E-state index in [0.29, 0.717) is 0 Å². The van der Waals surface area contributed by atoms with Gasteiger partial charge in [0.2, 0.25) is 0 Å². The number of hydrogen-bond acceptors (Lipinski definition) is 1. The quantitative estimate of drug-likeness (QED) is 0.363. The summed E-state index contributed by atoms with van der Waals surface area (Å²) in [7, 11) is -4.64. The summed E-state index contributed by atoms with van der Waals surface area (Å²) in [5.74, 6) is 0. The van der Waals surface area contributed by atoms with Crippen LogP contribution in [0.25, 0.3) is 0 Å². The predicted octanol–water partition coefficient (Wildman–Crippen LogP) is -1.85. The average molecular weight is 301 g/mol. The van der Waals surface area contributed by atoms with Crippen molar-refractivity contribution in [3.8, 4) is 0 Å². The van der Waals surface area contributed by atoms with Gasteiger partial charge >= 0.3 is 56.7 Å². The minimum Gasteiger partial charge on any atom is 0 e. The van der Waals surface area contributed by atoms with Crippen LogP contribution in [-0.4, -0.2) is 63.6 Å². The Morgan fingerprint density at radius 1 is 1.14 bits per heavy atom. The minimum atomic E-state index is -4.64. The smallest absolute Gasteiger partial charge is 0 e. The number of rotatable bonds is 0. The molecule has 0 atom stereocenters. The molecule has 0 aliphatic heterocycles. The summed E-state index contributed by atoms with van der Waals surface area (Å²) in [5.41, 5.74) is 0. The number of phosphoric acid groups is 1. The first-order valence-corrected chi connectivity index (χ1v) is 2.35. The van der Waals surface area contributed by atoms with E-state index in [9.17, 15) is 0 Å². The Morgan fingerprint density at radius 2 is 1.14 bits per heavy atom. The summed E-state index contributed by atoms with van der Waals surface area (Å²) in [6.07, 6.45) is 0. The Morgan fingerprint density at radius 3 is 1.14 bits per heavy atom. The number of hydrogen-bond donors (Lipinski definition) is 3. The van der Waals surface area contributed by atoms with Gasteiger partial charge in [0.05, 0.1) is 0 Å². The molecule has 0 saturated carbocycles. The summed E-state index contributed by atoms with van der Waals surface area (Å²) < 4.78 is 8.88. The standard InChI is InChI=1S/Ba.Cu.H3O4P.2H/c;;1-5(2,3)4;;/h;;(H3,1,2,3,4);;. The van der Waals surface area contributed by atoms with E-state index in [2.05, 4.69) is 0 Å². The Hall–Kier alpha value is 2.20. The third-order valence-electron chi connectivity index (χ3n) is 0. The summed E-state index contributed by atoms with van der Waals surface area (Å²) in [6.45, 7) is 0. The zero-order chi connectivity index (χ0) is 4.50. The molecule has 0 fully saturated rings. The Bertz CT molecular complexity index is 57.8. The first-order chi connectivity index (χ1) is 2.00. The Labute approximate surface area is 91.5 Å². The molecule has 3 N–H and O–H groups in total. The fraction of sp³-hybridized carbons (Fsp3) is 0. The zero-order valence-corrected chi connectivity index (χ0v) is 4.33. The van der Waals surface area contributed by atoms with Gasteiger partial charge in [-0.05, 0) is 0 Å². The molecule has 0 unspecified atom stereocenters. The van der Waals surface area contributed by atoms with Crippen LogP contribution in [0.15, 0.2) is 0 Å². The van der Waals surface area contributed by atoms with E-state index in [1.807, 2.05) is 0 Å². The van der Waals surface area contributed by atoms with Crippen LogP contribution in [0.3, 0.4) is 0 Å². The molecular formula is H5BaCuO4P. The molecule has 0 saturated heterocycles. The summed E-state index contributed by atoms with van der Waals surface area (Å²) >= 11 is 0. The van der Waals surface area contributed by atoms with Crippen LogP contribution in [0.1, 0.15) is 0 Å². The van der Waals surface area contributed by atoms with Crippen molar-refractivity contribution in [2.24, 2.45) is 0 Å². The molecule has 0 spiro atoms. The van der Waals surface area contributed by atoms with Crippen molar-refractivity contribution in [2.45, 2.75) is 0 Å². The molecule has 0 aromatic heterocycles. The SMILES string of the molecule is O=P(O)(O)O.[BaH2].[Cu]. The van der Waals surface area contributed by atoms with Crippen molar-refractivity contribution in [1.29, 1.82) is 0 Å². The van der Waals surface area contributed by atoms with E-state index in [1.54, 1.807) is 0 Å². The van der Waals surface area contributed by atoms with Gasteiger partial charge in [-0.3, -0.25) is 0 Å². The maximum Gasteiger partial charge on any atom is 0 e. The van der Waals surface area contributed by atoms with E-state index < -0.39 is 7.82 Å². The van der Waals surface area contributed by atoms with Crippen LogP contribution in [0.2, 0.25) is 0 Å². The van der Waals surface area contributed by atoms with Gasteiger partial charge in [0, 0.05) is 17.1 Å². The van der Waals surface area contributed by atoms with Crippen LogP contribution >= 0.6 is 7.82 Å². The monoisotopic (exact) mass is 301 g/mol. The van der Waals surface area contributed by atoms with Crippen LogP contribution in [-0.2, 0) is 21.6 Å². The van der Waals surface area contributed by atoms with Crippen molar-refractivity contribution in [3.05, 3.63) is 0 Å². The summed E-state index contributed by atoms with van der Waals surface area (Å²) in [6, 6.07) is 0. The van der Waals surface area contributed by atoms with E-state index in [-0.39, 0.29) is 65.9 Å². The summed E-state index contributed by atoms with van der Waals surface area (Å²) in [5, 5.41) is 0. The fourth-order valence-corrected chi connectivity index (χ4v) is 0. The van der Waals surface area contributed by atoms with Gasteiger partial charge in [-0.15, -0.1) is 0 Å². The molecule has 47 valence electrons. The van der Waals surface area contributed by atoms with Gasteiger partial charge in [0.1, 0.15) is 0 Å². The van der Waals surface area contributed by atoms with Gasteiger partial charge in [0.25, 0.3) is 0 Å². The third kappa shape index (κ3) is 65.1. The molecule has 0 aliphatic rings. The second-order valence-corrected chi connectivity index (χ2v) is 1.54. The molecule has 0 amide bonds. The van der Waals surface area contributed by atoms with Crippen LogP contribution in [0, 0.1) is 0 Å². The molecular weight excluding hydrogens is 296 g/mol. The van der Waals surface area contributed by atoms with Crippen molar-refractivity contribution in [1.82, 2.24) is 0 Å². The van der Waals surface area contributed by atoms with Crippen LogP contribution in [0.5, 0.6) is 0 Å². The molecule has 0 aliphatic carbocycles. The van der Waals surface area contributed by atoms with E-state index >= 15 is 0 Å². The van der Waals surface area contributed by atoms with Gasteiger partial charge < -0.3 is 14.7 Å². The normalized spacial score (nSPS) is 8.43. The fourth-order valence-electron chi connectivity index (χ4n) is 0. The average Bonchev–Trinajstić information content (AvgIpc) is 0.722. The molecule has 7 heavy (non-hydrogen) atoms. The molecule has 4 nitrogen and oxygen atoms in total. The van der Waals surface area contributed by atoms with Crippen LogP contribution in [0.4, 0.5) is 0 Å². The first-order valence-electron chi connectivity index (χ1n) is 0.783. The third-order valence-corrected chi connectivity index (χ3v) is 0. The van der Waals surface area contributed by atoms with E-state index in [0.717, 1.165) is 0 Å². The van der Waals surface area contributed by atoms with Gasteiger partial charge in [0.15, 0.2) is 0 Å². The molecule has 0 rings (SSSR count). The Kier molecular flexibility index (Phi) is 14.5. The van der Waals surface area contributed by atoms with Crippen molar-refractivity contribution < 1.29 is 36.3 Å². The van der Waals surface area contributed by atoms with Gasteiger partial charge in [-0.2, -0.15) is 0 Å². The molecule has 0 bridgehead atoms. The van der Waals surface area contributed by atoms with Gasteiger partial charge in [-0.1, -0.05) is 0 Å². The maximum absolute atomic E-state index is 8.88. The Balaban J connectivity index is -0.0000000800. The summed E-state index contributed by atoms with van der Waals surface area (Å²) in [4.78, 5) is 21.6. The molecule has 1 radical (unpaired) electrons. The second kappa shape index (κ2) is 6.32. The second-order valence-electron chi connectivity index (χ2n) is 0.513. The minimum absolute atomic E-state index is 0. The predicted molar refractivity (Wildman–Crippen MR) is 22.8 cm³/mol. The topological polar surface area (TPSA) is 77.8 Å². The largest absolute Gasteiger partial charge is 0 e. The first kappa shape index (κ1) is 16.1.